The molecule has 20 nitrogen and oxygen atoms in total. The fourth-order valence-corrected chi connectivity index (χ4v) is 9.65. The van der Waals surface area contributed by atoms with Gasteiger partial charge in [-0.1, -0.05) is 80.6 Å². The van der Waals surface area contributed by atoms with Crippen molar-refractivity contribution in [3.63, 3.8) is 0 Å². The number of rotatable bonds is 16. The first-order valence-corrected chi connectivity index (χ1v) is 24.6. The summed E-state index contributed by atoms with van der Waals surface area (Å²) in [5.74, 6) is -4.76. The van der Waals surface area contributed by atoms with Crippen LogP contribution in [-0.2, 0) is 55.9 Å². The van der Waals surface area contributed by atoms with Gasteiger partial charge in [-0.2, -0.15) is 0 Å². The van der Waals surface area contributed by atoms with E-state index in [1.807, 2.05) is 30.3 Å². The number of nitrogens with one attached hydrogen (secondary N) is 9. The number of nitrogens with zero attached hydrogens (tertiary/aromatic N) is 1. The van der Waals surface area contributed by atoms with Crippen molar-refractivity contribution < 1.29 is 43.1 Å². The number of methoxy groups -OCH3 is 1. The Labute approximate surface area is 408 Å². The van der Waals surface area contributed by atoms with E-state index in [-0.39, 0.29) is 76.5 Å². The number of guanidine groups is 1. The number of hydrogen-bond donors (Lipinski definition) is 10. The van der Waals surface area contributed by atoms with E-state index >= 15 is 0 Å². The molecule has 1 aromatic heterocycles. The lowest BCUT2D eigenvalue weighted by atomic mass is 9.84. The van der Waals surface area contributed by atoms with Crippen molar-refractivity contribution >= 4 is 64.2 Å². The predicted octanol–water partition coefficient (Wildman–Crippen LogP) is 1.46. The highest BCUT2D eigenvalue weighted by atomic mass is 16.5. The number of carbonyl (C=O) groups excluding carboxylic acids is 8. The van der Waals surface area contributed by atoms with E-state index in [4.69, 9.17) is 11.1 Å². The van der Waals surface area contributed by atoms with Crippen molar-refractivity contribution in [2.45, 2.75) is 139 Å². The van der Waals surface area contributed by atoms with Crippen molar-refractivity contribution in [1.82, 2.24) is 47.1 Å². The first-order valence-electron chi connectivity index (χ1n) is 24.6. The molecule has 378 valence electrons. The third kappa shape index (κ3) is 15.3. The number of benzene rings is 2. The molecule has 2 aromatic carbocycles. The maximum atomic E-state index is 14.8. The zero-order valence-electron chi connectivity index (χ0n) is 39.9. The van der Waals surface area contributed by atoms with Crippen LogP contribution in [0.3, 0.4) is 0 Å². The Balaban J connectivity index is 1.30. The quantitative estimate of drug-likeness (QED) is 0.0424. The van der Waals surface area contributed by atoms with E-state index in [2.05, 4.69) is 46.9 Å². The number of carbonyl (C=O) groups is 8. The third-order valence-corrected chi connectivity index (χ3v) is 13.4. The number of fused-ring (bicyclic) bond motifs is 2. The molecule has 3 heterocycles. The van der Waals surface area contributed by atoms with Crippen LogP contribution in [0.25, 0.3) is 10.9 Å². The average Bonchev–Trinajstić information content (AvgIpc) is 4.02. The minimum absolute atomic E-state index is 0.0169. The fourth-order valence-electron chi connectivity index (χ4n) is 9.65. The average molecular weight is 968 g/mol. The Morgan fingerprint density at radius 1 is 0.814 bits per heavy atom. The lowest BCUT2D eigenvalue weighted by Crippen LogP contribution is -2.60. The Morgan fingerprint density at radius 3 is 2.29 bits per heavy atom. The summed E-state index contributed by atoms with van der Waals surface area (Å²) in [6, 6.07) is 9.87. The smallest absolute Gasteiger partial charge is 0.306 e. The molecule has 0 spiro atoms. The predicted molar refractivity (Wildman–Crippen MR) is 260 cm³/mol. The van der Waals surface area contributed by atoms with Crippen molar-refractivity contribution in [3.8, 4) is 0 Å². The number of esters is 1. The van der Waals surface area contributed by atoms with Crippen molar-refractivity contribution in [1.29, 1.82) is 5.41 Å². The first kappa shape index (κ1) is 52.4. The van der Waals surface area contributed by atoms with Gasteiger partial charge in [0.05, 0.1) is 13.5 Å². The number of H-pyrrole nitrogens is 1. The van der Waals surface area contributed by atoms with Gasteiger partial charge >= 0.3 is 5.97 Å². The van der Waals surface area contributed by atoms with Gasteiger partial charge in [-0.15, -0.1) is 0 Å². The Hall–Kier alpha value is -6.99. The summed E-state index contributed by atoms with van der Waals surface area (Å²) < 4.78 is 4.68. The first-order chi connectivity index (χ1) is 33.8. The molecule has 7 amide bonds. The fraction of sp³-hybridized carbons (Fsp3) is 0.540. The van der Waals surface area contributed by atoms with Crippen LogP contribution in [-0.4, -0.2) is 126 Å². The Kier molecular flexibility index (Phi) is 19.5. The monoisotopic (exact) mass is 968 g/mol. The number of ether oxygens (including phenoxy) is 1. The SMILES string of the molecule is COC(=O)CCC(=O)N[C@@H](Cc1ccccc1)C(=O)N[C@H]1CCCNC(=O)[C@H](CCCNC(=N)N)NC(=O)[C@H](Cc2c[nH]c3ccccc23)NC(=O)[C@@H](CC2CCCCC2)NC(=O)[C@@H]2CCCN2C1=O. The minimum Gasteiger partial charge on any atom is -0.469 e. The van der Waals surface area contributed by atoms with Gasteiger partial charge in [-0.3, -0.25) is 43.8 Å². The second-order valence-corrected chi connectivity index (χ2v) is 18.5. The Morgan fingerprint density at radius 2 is 1.53 bits per heavy atom. The number of para-hydroxylation sites is 1. The molecule has 1 aliphatic carbocycles. The number of amides is 7. The van der Waals surface area contributed by atoms with Crippen LogP contribution in [0.4, 0.5) is 0 Å². The molecule has 1 saturated carbocycles. The molecule has 2 saturated heterocycles. The summed E-state index contributed by atoms with van der Waals surface area (Å²) in [5, 5.41) is 28.4. The molecule has 3 fully saturated rings. The molecule has 6 atom stereocenters. The normalized spacial score (nSPS) is 22.5. The standard InChI is InChI=1S/C50H69N11O9/c1-70-43(63)23-22-42(62)56-38(27-31-13-4-2-5-14-31)45(65)58-37-20-11-24-53-44(64)36(19-10-25-54-50(51)52)57-47(67)40(29-33-30-55-35-18-9-8-17-34(33)35)59-46(66)39(28-32-15-6-3-7-16-32)60-48(68)41-21-12-26-61(41)49(37)69/h2,4-5,8-9,13-14,17-18,30,32,36-41,55H,3,6-7,10-12,15-16,19-29H2,1H3,(H,53,64)(H,56,62)(H,57,67)(H,58,65)(H,59,66)(H,60,68)(H4,51,52,54)/t36-,37-,38-,39+,40-,41-/m0/s1. The molecular formula is C50H69N11O9. The molecule has 20 heteroatoms. The lowest BCUT2D eigenvalue weighted by molar-refractivity contribution is -0.143. The highest BCUT2D eigenvalue weighted by molar-refractivity contribution is 5.98. The van der Waals surface area contributed by atoms with E-state index in [0.717, 1.165) is 54.1 Å². The molecule has 0 radical (unpaired) electrons. The van der Waals surface area contributed by atoms with Gasteiger partial charge in [-0.25, -0.2) is 0 Å². The molecule has 11 N–H and O–H groups in total. The van der Waals surface area contributed by atoms with Crippen molar-refractivity contribution in [2.24, 2.45) is 11.7 Å². The van der Waals surface area contributed by atoms with Crippen molar-refractivity contribution in [3.05, 3.63) is 71.9 Å². The van der Waals surface area contributed by atoms with Gasteiger partial charge in [0.15, 0.2) is 5.96 Å². The zero-order valence-corrected chi connectivity index (χ0v) is 39.9. The van der Waals surface area contributed by atoms with Gasteiger partial charge in [0.2, 0.25) is 41.4 Å². The molecule has 70 heavy (non-hydrogen) atoms. The maximum absolute atomic E-state index is 14.8. The minimum atomic E-state index is -1.21. The summed E-state index contributed by atoms with van der Waals surface area (Å²) in [5.41, 5.74) is 7.83. The van der Waals surface area contributed by atoms with E-state index in [1.165, 1.54) is 12.0 Å². The Bertz CT molecular complexity index is 2320. The highest BCUT2D eigenvalue weighted by Gasteiger charge is 2.41. The summed E-state index contributed by atoms with van der Waals surface area (Å²) in [7, 11) is 1.21. The summed E-state index contributed by atoms with van der Waals surface area (Å²) in [6.07, 6.45) is 7.94. The number of hydrogen-bond acceptors (Lipinski definition) is 10. The molecular weight excluding hydrogens is 899 g/mol. The van der Waals surface area contributed by atoms with Crippen LogP contribution in [0.2, 0.25) is 0 Å². The van der Waals surface area contributed by atoms with Crippen LogP contribution in [0.15, 0.2) is 60.8 Å². The topological polar surface area (TPSA) is 299 Å². The second-order valence-electron chi connectivity index (χ2n) is 18.5. The molecule has 0 bridgehead atoms. The van der Waals surface area contributed by atoms with E-state index in [1.54, 1.807) is 30.5 Å². The van der Waals surface area contributed by atoms with Gasteiger partial charge in [0.1, 0.15) is 36.3 Å². The summed E-state index contributed by atoms with van der Waals surface area (Å²) in [6.45, 7) is 0.464. The number of aromatic amines is 1. The van der Waals surface area contributed by atoms with Crippen LogP contribution in [0.1, 0.15) is 101 Å². The summed E-state index contributed by atoms with van der Waals surface area (Å²) >= 11 is 0. The van der Waals surface area contributed by atoms with Crippen LogP contribution >= 0.6 is 0 Å². The highest BCUT2D eigenvalue weighted by Crippen LogP contribution is 2.28. The molecule has 0 unspecified atom stereocenters. The molecule has 6 rings (SSSR count). The number of nitrogens with two attached hydrogens (primary N) is 1. The van der Waals surface area contributed by atoms with Gasteiger partial charge in [0.25, 0.3) is 0 Å². The van der Waals surface area contributed by atoms with E-state index < -0.39 is 83.6 Å². The molecule has 3 aromatic rings. The zero-order chi connectivity index (χ0) is 50.0. The second kappa shape index (κ2) is 26.1. The molecule has 3 aliphatic rings. The van der Waals surface area contributed by atoms with Crippen LogP contribution in [0, 0.1) is 11.3 Å². The third-order valence-electron chi connectivity index (χ3n) is 13.4. The maximum Gasteiger partial charge on any atom is 0.306 e. The van der Waals surface area contributed by atoms with E-state index in [9.17, 15) is 38.4 Å². The number of aromatic nitrogens is 1. The van der Waals surface area contributed by atoms with Gasteiger partial charge in [-0.05, 0) is 68.1 Å². The van der Waals surface area contributed by atoms with Gasteiger partial charge < -0.3 is 57.6 Å². The van der Waals surface area contributed by atoms with Crippen LogP contribution < -0.4 is 43.0 Å². The lowest BCUT2D eigenvalue weighted by Gasteiger charge is -2.32. The van der Waals surface area contributed by atoms with Crippen molar-refractivity contribution in [2.75, 3.05) is 26.7 Å². The van der Waals surface area contributed by atoms with Gasteiger partial charge in [0, 0.05) is 56.0 Å². The van der Waals surface area contributed by atoms with E-state index in [0.29, 0.717) is 25.7 Å². The van der Waals surface area contributed by atoms with Crippen LogP contribution in [0.5, 0.6) is 0 Å². The molecule has 2 aliphatic heterocycles. The summed E-state index contributed by atoms with van der Waals surface area (Å²) in [4.78, 5) is 116. The largest absolute Gasteiger partial charge is 0.469 e.